The first kappa shape index (κ1) is 21.1. The van der Waals surface area contributed by atoms with E-state index in [-0.39, 0.29) is 5.91 Å². The average molecular weight is 409 g/mol. The van der Waals surface area contributed by atoms with Crippen molar-refractivity contribution in [2.75, 3.05) is 29.2 Å². The van der Waals surface area contributed by atoms with E-state index in [0.717, 1.165) is 16.8 Å². The summed E-state index contributed by atoms with van der Waals surface area (Å²) in [5.41, 5.74) is 1.28. The summed E-state index contributed by atoms with van der Waals surface area (Å²) in [7, 11) is -1.84. The van der Waals surface area contributed by atoms with E-state index in [1.807, 2.05) is 37.4 Å². The molecule has 8 heteroatoms. The molecule has 0 heterocycles. The normalized spacial score (nSPS) is 12.3. The molecule has 2 rings (SSSR count). The monoisotopic (exact) mass is 408 g/mol. The molecule has 0 aliphatic carbocycles. The second kappa shape index (κ2) is 9.14. The van der Waals surface area contributed by atoms with Gasteiger partial charge in [0.1, 0.15) is 5.75 Å². The van der Waals surface area contributed by atoms with Gasteiger partial charge in [-0.3, -0.25) is 9.10 Å². The van der Waals surface area contributed by atoms with Crippen LogP contribution < -0.4 is 14.4 Å². The maximum absolute atomic E-state index is 12.6. The third-order valence-electron chi connectivity index (χ3n) is 4.00. The Labute approximate surface area is 165 Å². The van der Waals surface area contributed by atoms with Crippen LogP contribution in [0.1, 0.15) is 13.3 Å². The van der Waals surface area contributed by atoms with Crippen molar-refractivity contribution in [3.8, 4) is 5.75 Å². The van der Waals surface area contributed by atoms with Crippen LogP contribution in [0.2, 0.25) is 0 Å². The van der Waals surface area contributed by atoms with E-state index in [9.17, 15) is 13.2 Å². The first-order chi connectivity index (χ1) is 12.8. The number of ether oxygens (including phenoxy) is 1. The molecule has 0 fully saturated rings. The van der Waals surface area contributed by atoms with E-state index in [1.165, 1.54) is 11.4 Å². The molecule has 0 saturated carbocycles. The molecule has 0 saturated heterocycles. The van der Waals surface area contributed by atoms with Crippen molar-refractivity contribution < 1.29 is 17.9 Å². The van der Waals surface area contributed by atoms with Crippen LogP contribution in [0.3, 0.4) is 0 Å². The summed E-state index contributed by atoms with van der Waals surface area (Å²) in [6.07, 6.45) is 2.94. The van der Waals surface area contributed by atoms with Crippen LogP contribution >= 0.6 is 11.8 Å². The SMILES string of the molecule is CCC(Oc1ccc(N(C)S(C)(=O)=O)cc1)C(=O)Nc1ccccc1SC. The third-order valence-corrected chi connectivity index (χ3v) is 6.01. The number of carbonyl (C=O) groups is 1. The predicted octanol–water partition coefficient (Wildman–Crippen LogP) is 3.60. The van der Waals surface area contributed by atoms with Crippen molar-refractivity contribution in [2.45, 2.75) is 24.3 Å². The summed E-state index contributed by atoms with van der Waals surface area (Å²) in [6, 6.07) is 14.2. The van der Waals surface area contributed by atoms with Crippen LogP contribution in [0.15, 0.2) is 53.4 Å². The highest BCUT2D eigenvalue weighted by atomic mass is 32.2. The molecule has 1 N–H and O–H groups in total. The fourth-order valence-corrected chi connectivity index (χ4v) is 3.43. The molecule has 2 aromatic rings. The minimum atomic E-state index is -3.32. The Morgan fingerprint density at radius 2 is 1.81 bits per heavy atom. The Hall–Kier alpha value is -2.19. The lowest BCUT2D eigenvalue weighted by molar-refractivity contribution is -0.122. The Morgan fingerprint density at radius 1 is 1.19 bits per heavy atom. The Bertz CT molecular complexity index is 883. The van der Waals surface area contributed by atoms with Gasteiger partial charge in [-0.15, -0.1) is 11.8 Å². The van der Waals surface area contributed by atoms with Gasteiger partial charge in [-0.2, -0.15) is 0 Å². The lowest BCUT2D eigenvalue weighted by atomic mass is 10.2. The van der Waals surface area contributed by atoms with Gasteiger partial charge in [0.25, 0.3) is 5.91 Å². The van der Waals surface area contributed by atoms with E-state index >= 15 is 0 Å². The number of nitrogens with zero attached hydrogens (tertiary/aromatic N) is 1. The third kappa shape index (κ3) is 5.64. The molecule has 146 valence electrons. The Morgan fingerprint density at radius 3 is 2.37 bits per heavy atom. The van der Waals surface area contributed by atoms with Crippen LogP contribution in [-0.4, -0.2) is 40.0 Å². The highest BCUT2D eigenvalue weighted by Gasteiger charge is 2.20. The molecule has 2 aromatic carbocycles. The van der Waals surface area contributed by atoms with Gasteiger partial charge >= 0.3 is 0 Å². The van der Waals surface area contributed by atoms with Gasteiger partial charge in [0.15, 0.2) is 6.10 Å². The summed E-state index contributed by atoms with van der Waals surface area (Å²) in [4.78, 5) is 13.6. The molecule has 1 unspecified atom stereocenters. The van der Waals surface area contributed by atoms with Crippen LogP contribution in [0.5, 0.6) is 5.75 Å². The number of carbonyl (C=O) groups excluding carboxylic acids is 1. The maximum atomic E-state index is 12.6. The smallest absolute Gasteiger partial charge is 0.265 e. The van der Waals surface area contributed by atoms with Crippen LogP contribution in [-0.2, 0) is 14.8 Å². The van der Waals surface area contributed by atoms with Crippen molar-refractivity contribution in [3.63, 3.8) is 0 Å². The predicted molar refractivity (Wildman–Crippen MR) is 111 cm³/mol. The number of benzene rings is 2. The zero-order chi connectivity index (χ0) is 20.0. The lowest BCUT2D eigenvalue weighted by Gasteiger charge is -2.20. The van der Waals surface area contributed by atoms with Crippen LogP contribution in [0, 0.1) is 0 Å². The number of hydrogen-bond donors (Lipinski definition) is 1. The second-order valence-corrected chi connectivity index (χ2v) is 8.79. The summed E-state index contributed by atoms with van der Waals surface area (Å²) >= 11 is 1.56. The highest BCUT2D eigenvalue weighted by Crippen LogP contribution is 2.26. The number of para-hydroxylation sites is 1. The van der Waals surface area contributed by atoms with Gasteiger partial charge in [0.05, 0.1) is 17.6 Å². The summed E-state index contributed by atoms with van der Waals surface area (Å²) in [6.45, 7) is 1.87. The first-order valence-electron chi connectivity index (χ1n) is 8.40. The van der Waals surface area contributed by atoms with E-state index in [4.69, 9.17) is 4.74 Å². The molecular formula is C19H24N2O4S2. The van der Waals surface area contributed by atoms with E-state index < -0.39 is 16.1 Å². The molecule has 0 aliphatic heterocycles. The second-order valence-electron chi connectivity index (χ2n) is 5.93. The van der Waals surface area contributed by atoms with Gasteiger partial charge in [-0.25, -0.2) is 8.42 Å². The number of thioether (sulfide) groups is 1. The molecule has 0 bridgehead atoms. The van der Waals surface area contributed by atoms with E-state index in [0.29, 0.717) is 17.9 Å². The van der Waals surface area contributed by atoms with E-state index in [1.54, 1.807) is 36.0 Å². The molecular weight excluding hydrogens is 384 g/mol. The fourth-order valence-electron chi connectivity index (χ4n) is 2.37. The maximum Gasteiger partial charge on any atom is 0.265 e. The molecule has 0 spiro atoms. The number of nitrogens with one attached hydrogen (secondary N) is 1. The topological polar surface area (TPSA) is 75.7 Å². The number of rotatable bonds is 8. The standard InChI is InChI=1S/C19H24N2O4S2/c1-5-17(19(22)20-16-8-6-7-9-18(16)26-3)25-15-12-10-14(11-13-15)21(2)27(4,23)24/h6-13,17H,5H2,1-4H3,(H,20,22). The summed E-state index contributed by atoms with van der Waals surface area (Å²) in [5.74, 6) is 0.275. The average Bonchev–Trinajstić information content (AvgIpc) is 2.65. The van der Waals surface area contributed by atoms with Crippen molar-refractivity contribution in [1.29, 1.82) is 0 Å². The fraction of sp³-hybridized carbons (Fsp3) is 0.316. The Kier molecular flexibility index (Phi) is 7.15. The highest BCUT2D eigenvalue weighted by molar-refractivity contribution is 7.98. The number of amides is 1. The number of hydrogen-bond acceptors (Lipinski definition) is 5. The lowest BCUT2D eigenvalue weighted by Crippen LogP contribution is -2.32. The van der Waals surface area contributed by atoms with Gasteiger partial charge < -0.3 is 10.1 Å². The molecule has 0 radical (unpaired) electrons. The Balaban J connectivity index is 2.09. The minimum absolute atomic E-state index is 0.226. The van der Waals surface area contributed by atoms with Gasteiger partial charge in [0.2, 0.25) is 10.0 Å². The van der Waals surface area contributed by atoms with Crippen molar-refractivity contribution in [1.82, 2.24) is 0 Å². The number of anilines is 2. The summed E-state index contributed by atoms with van der Waals surface area (Å²) < 4.78 is 30.2. The van der Waals surface area contributed by atoms with Crippen LogP contribution in [0.4, 0.5) is 11.4 Å². The van der Waals surface area contributed by atoms with Gasteiger partial charge in [0, 0.05) is 11.9 Å². The van der Waals surface area contributed by atoms with Crippen LogP contribution in [0.25, 0.3) is 0 Å². The molecule has 1 atom stereocenters. The minimum Gasteiger partial charge on any atom is -0.481 e. The van der Waals surface area contributed by atoms with Crippen molar-refractivity contribution in [2.24, 2.45) is 0 Å². The van der Waals surface area contributed by atoms with E-state index in [2.05, 4.69) is 5.32 Å². The number of sulfonamides is 1. The zero-order valence-corrected chi connectivity index (χ0v) is 17.4. The van der Waals surface area contributed by atoms with Crippen molar-refractivity contribution in [3.05, 3.63) is 48.5 Å². The zero-order valence-electron chi connectivity index (χ0n) is 15.8. The first-order valence-corrected chi connectivity index (χ1v) is 11.5. The van der Waals surface area contributed by atoms with Crippen molar-refractivity contribution >= 4 is 39.1 Å². The molecule has 1 amide bonds. The van der Waals surface area contributed by atoms with Gasteiger partial charge in [-0.1, -0.05) is 19.1 Å². The van der Waals surface area contributed by atoms with Gasteiger partial charge in [-0.05, 0) is 49.1 Å². The largest absolute Gasteiger partial charge is 0.481 e. The quantitative estimate of drug-likeness (QED) is 0.676. The molecule has 27 heavy (non-hydrogen) atoms. The molecule has 0 aromatic heterocycles. The summed E-state index contributed by atoms with van der Waals surface area (Å²) in [5, 5.41) is 2.91. The molecule has 6 nitrogen and oxygen atoms in total. The molecule has 0 aliphatic rings.